The highest BCUT2D eigenvalue weighted by Gasteiger charge is 2.38. The number of ether oxygens (including phenoxy) is 1. The fourth-order valence-corrected chi connectivity index (χ4v) is 6.43. The molecule has 1 aromatic carbocycles. The maximum Gasteiger partial charge on any atom is 0.233 e. The number of benzene rings is 1. The number of nitrogens with zero attached hydrogens (tertiary/aromatic N) is 1. The number of thioether (sulfide) groups is 1. The van der Waals surface area contributed by atoms with E-state index in [0.717, 1.165) is 36.3 Å². The lowest BCUT2D eigenvalue weighted by Gasteiger charge is -2.38. The molecule has 0 N–H and O–H groups in total. The van der Waals surface area contributed by atoms with Gasteiger partial charge >= 0.3 is 0 Å². The summed E-state index contributed by atoms with van der Waals surface area (Å²) in [7, 11) is -1.37. The Morgan fingerprint density at radius 1 is 1.12 bits per heavy atom. The van der Waals surface area contributed by atoms with Crippen LogP contribution in [0.2, 0.25) is 0 Å². The van der Waals surface area contributed by atoms with Gasteiger partial charge in [0.2, 0.25) is 5.91 Å². The first-order valence-electron chi connectivity index (χ1n) is 9.27. The number of hydrogen-bond donors (Lipinski definition) is 0. The van der Waals surface area contributed by atoms with Crippen molar-refractivity contribution >= 4 is 27.5 Å². The quantitative estimate of drug-likeness (QED) is 0.690. The minimum Gasteiger partial charge on any atom is -0.497 e. The first-order valence-corrected chi connectivity index (χ1v) is 12.1. The molecule has 0 spiro atoms. The summed E-state index contributed by atoms with van der Waals surface area (Å²) in [5.41, 5.74) is 0. The van der Waals surface area contributed by atoms with Crippen LogP contribution in [0.5, 0.6) is 5.75 Å². The van der Waals surface area contributed by atoms with E-state index in [4.69, 9.17) is 4.74 Å². The molecule has 0 radical (unpaired) electrons. The SMILES string of the molecule is COc1ccc(SCC(=O)N(C2CCCCC2)[C@@H]2CCS(=O)(=O)C2)cc1. The van der Waals surface area contributed by atoms with Crippen molar-refractivity contribution in [3.8, 4) is 5.75 Å². The molecule has 1 saturated carbocycles. The van der Waals surface area contributed by atoms with Crippen LogP contribution in [0.3, 0.4) is 0 Å². The zero-order valence-corrected chi connectivity index (χ0v) is 16.9. The van der Waals surface area contributed by atoms with Gasteiger partial charge in [-0.25, -0.2) is 8.42 Å². The zero-order valence-electron chi connectivity index (χ0n) is 15.2. The molecule has 7 heteroatoms. The molecule has 1 atom stereocenters. The van der Waals surface area contributed by atoms with Crippen molar-refractivity contribution in [1.82, 2.24) is 4.90 Å². The Balaban J connectivity index is 1.67. The smallest absolute Gasteiger partial charge is 0.233 e. The molecule has 0 aromatic heterocycles. The number of methoxy groups -OCH3 is 1. The second kappa shape index (κ2) is 8.65. The van der Waals surface area contributed by atoms with Crippen LogP contribution in [0.1, 0.15) is 38.5 Å². The van der Waals surface area contributed by atoms with E-state index in [-0.39, 0.29) is 29.5 Å². The maximum absolute atomic E-state index is 13.0. The van der Waals surface area contributed by atoms with E-state index >= 15 is 0 Å². The van der Waals surface area contributed by atoms with E-state index in [0.29, 0.717) is 12.2 Å². The van der Waals surface area contributed by atoms with Crippen molar-refractivity contribution in [3.63, 3.8) is 0 Å². The monoisotopic (exact) mass is 397 g/mol. The van der Waals surface area contributed by atoms with Crippen LogP contribution < -0.4 is 4.74 Å². The van der Waals surface area contributed by atoms with Gasteiger partial charge in [0, 0.05) is 17.0 Å². The van der Waals surface area contributed by atoms with Crippen molar-refractivity contribution in [2.24, 2.45) is 0 Å². The van der Waals surface area contributed by atoms with E-state index in [1.165, 1.54) is 18.2 Å². The predicted octanol–water partition coefficient (Wildman–Crippen LogP) is 3.14. The molecular weight excluding hydrogens is 370 g/mol. The highest BCUT2D eigenvalue weighted by atomic mass is 32.2. The van der Waals surface area contributed by atoms with Gasteiger partial charge in [-0.15, -0.1) is 11.8 Å². The van der Waals surface area contributed by atoms with Crippen molar-refractivity contribution in [2.75, 3.05) is 24.4 Å². The third-order valence-electron chi connectivity index (χ3n) is 5.28. The van der Waals surface area contributed by atoms with Gasteiger partial charge in [0.25, 0.3) is 0 Å². The second-order valence-electron chi connectivity index (χ2n) is 7.11. The molecule has 2 aliphatic rings. The normalized spacial score (nSPS) is 22.9. The molecule has 3 rings (SSSR count). The summed E-state index contributed by atoms with van der Waals surface area (Å²) in [6, 6.07) is 7.71. The minimum absolute atomic E-state index is 0.0693. The molecule has 0 bridgehead atoms. The van der Waals surface area contributed by atoms with Gasteiger partial charge in [0.1, 0.15) is 5.75 Å². The van der Waals surface area contributed by atoms with Gasteiger partial charge in [0.15, 0.2) is 9.84 Å². The van der Waals surface area contributed by atoms with Crippen LogP contribution in [0, 0.1) is 0 Å². The fraction of sp³-hybridized carbons (Fsp3) is 0.632. The van der Waals surface area contributed by atoms with Gasteiger partial charge in [-0.05, 0) is 43.5 Å². The largest absolute Gasteiger partial charge is 0.497 e. The van der Waals surface area contributed by atoms with E-state index in [1.807, 2.05) is 29.2 Å². The van der Waals surface area contributed by atoms with Crippen LogP contribution in [0.4, 0.5) is 0 Å². The summed E-state index contributed by atoms with van der Waals surface area (Å²) in [6.07, 6.45) is 6.03. The first kappa shape index (κ1) is 19.5. The van der Waals surface area contributed by atoms with Gasteiger partial charge in [-0.1, -0.05) is 19.3 Å². The third kappa shape index (κ3) is 4.94. The molecule has 1 aliphatic carbocycles. The van der Waals surface area contributed by atoms with Gasteiger partial charge in [0.05, 0.1) is 24.4 Å². The van der Waals surface area contributed by atoms with Gasteiger partial charge < -0.3 is 9.64 Å². The summed E-state index contributed by atoms with van der Waals surface area (Å²) in [5, 5.41) is 0. The molecule has 0 unspecified atom stereocenters. The van der Waals surface area contributed by atoms with Crippen LogP contribution in [0.15, 0.2) is 29.2 Å². The van der Waals surface area contributed by atoms with Gasteiger partial charge in [-0.3, -0.25) is 4.79 Å². The predicted molar refractivity (Wildman–Crippen MR) is 104 cm³/mol. The van der Waals surface area contributed by atoms with Crippen LogP contribution in [-0.2, 0) is 14.6 Å². The Labute approximate surface area is 160 Å². The van der Waals surface area contributed by atoms with E-state index in [9.17, 15) is 13.2 Å². The molecule has 2 fully saturated rings. The summed E-state index contributed by atoms with van der Waals surface area (Å²) in [5.74, 6) is 1.54. The number of hydrogen-bond acceptors (Lipinski definition) is 5. The molecule has 1 heterocycles. The Bertz CT molecular complexity index is 712. The number of sulfone groups is 1. The summed E-state index contributed by atoms with van der Waals surface area (Å²) >= 11 is 1.50. The van der Waals surface area contributed by atoms with E-state index in [1.54, 1.807) is 7.11 Å². The number of carbonyl (C=O) groups excluding carboxylic acids is 1. The lowest BCUT2D eigenvalue weighted by atomic mass is 9.93. The fourth-order valence-electron chi connectivity index (χ4n) is 3.95. The van der Waals surface area contributed by atoms with Crippen LogP contribution >= 0.6 is 11.8 Å². The number of carbonyl (C=O) groups is 1. The third-order valence-corrected chi connectivity index (χ3v) is 8.03. The Hall–Kier alpha value is -1.21. The highest BCUT2D eigenvalue weighted by molar-refractivity contribution is 8.00. The summed E-state index contributed by atoms with van der Waals surface area (Å²) in [6.45, 7) is 0. The molecule has 26 heavy (non-hydrogen) atoms. The maximum atomic E-state index is 13.0. The van der Waals surface area contributed by atoms with Crippen molar-refractivity contribution < 1.29 is 17.9 Å². The Kier molecular flexibility index (Phi) is 6.51. The summed E-state index contributed by atoms with van der Waals surface area (Å²) < 4.78 is 29.0. The molecule has 1 amide bonds. The number of amides is 1. The first-order chi connectivity index (χ1) is 12.5. The lowest BCUT2D eigenvalue weighted by Crippen LogP contribution is -2.49. The Morgan fingerprint density at radius 3 is 2.38 bits per heavy atom. The molecular formula is C19H27NO4S2. The van der Waals surface area contributed by atoms with Crippen molar-refractivity contribution in [3.05, 3.63) is 24.3 Å². The Morgan fingerprint density at radius 2 is 1.81 bits per heavy atom. The molecule has 1 aromatic rings. The average molecular weight is 398 g/mol. The lowest BCUT2D eigenvalue weighted by molar-refractivity contribution is -0.133. The summed E-state index contributed by atoms with van der Waals surface area (Å²) in [4.78, 5) is 16.0. The topological polar surface area (TPSA) is 63.7 Å². The van der Waals surface area contributed by atoms with E-state index < -0.39 is 9.84 Å². The van der Waals surface area contributed by atoms with E-state index in [2.05, 4.69) is 0 Å². The molecule has 5 nitrogen and oxygen atoms in total. The highest BCUT2D eigenvalue weighted by Crippen LogP contribution is 2.30. The minimum atomic E-state index is -3.00. The van der Waals surface area contributed by atoms with Gasteiger partial charge in [-0.2, -0.15) is 0 Å². The van der Waals surface area contributed by atoms with Crippen LogP contribution in [-0.4, -0.2) is 55.7 Å². The standard InChI is InChI=1S/C19H27NO4S2/c1-24-17-7-9-18(10-8-17)25-13-19(21)20(15-5-3-2-4-6-15)16-11-12-26(22,23)14-16/h7-10,15-16H,2-6,11-14H2,1H3/t16-/m1/s1. The van der Waals surface area contributed by atoms with Crippen LogP contribution in [0.25, 0.3) is 0 Å². The molecule has 1 saturated heterocycles. The average Bonchev–Trinajstić information content (AvgIpc) is 3.01. The van der Waals surface area contributed by atoms with Crippen molar-refractivity contribution in [2.45, 2.75) is 55.5 Å². The number of rotatable bonds is 6. The van der Waals surface area contributed by atoms with Crippen molar-refractivity contribution in [1.29, 1.82) is 0 Å². The second-order valence-corrected chi connectivity index (χ2v) is 10.4. The molecule has 144 valence electrons. The zero-order chi connectivity index (χ0) is 18.6. The molecule has 1 aliphatic heterocycles.